The van der Waals surface area contributed by atoms with Crippen molar-refractivity contribution >= 4 is 23.0 Å². The Morgan fingerprint density at radius 1 is 1.10 bits per heavy atom. The average molecular weight is 691 g/mol. The maximum Gasteiger partial charge on any atom is 0.313 e. The van der Waals surface area contributed by atoms with Crippen LogP contribution in [0.3, 0.4) is 0 Å². The van der Waals surface area contributed by atoms with Crippen LogP contribution in [-0.2, 0) is 27.7 Å². The summed E-state index contributed by atoms with van der Waals surface area (Å²) in [6.45, 7) is 14.8. The second-order valence-corrected chi connectivity index (χ2v) is 14.7. The number of rotatable bonds is 8. The third-order valence-electron chi connectivity index (χ3n) is 10.4. The van der Waals surface area contributed by atoms with Gasteiger partial charge in [-0.05, 0) is 99.8 Å². The van der Waals surface area contributed by atoms with E-state index >= 15 is 4.39 Å². The number of carboxylic acid groups (broad SMARTS) is 1. The fourth-order valence-electron chi connectivity index (χ4n) is 7.69. The number of nitrogens with zero attached hydrogens (tertiary/aromatic N) is 6. The first-order valence-corrected chi connectivity index (χ1v) is 17.6. The smallest absolute Gasteiger partial charge is 0.313 e. The van der Waals surface area contributed by atoms with Crippen molar-refractivity contribution in [3.05, 3.63) is 40.3 Å². The van der Waals surface area contributed by atoms with Crippen LogP contribution in [0.25, 0.3) is 33.7 Å². The van der Waals surface area contributed by atoms with Crippen LogP contribution in [0.2, 0.25) is 0 Å². The molecule has 0 bridgehead atoms. The number of pyridine rings is 1. The molecule has 268 valence electrons. The number of ether oxygens (including phenoxy) is 3. The Kier molecular flexibility index (Phi) is 9.33. The van der Waals surface area contributed by atoms with Gasteiger partial charge in [0, 0.05) is 69.1 Å². The summed E-state index contributed by atoms with van der Waals surface area (Å²) in [4.78, 5) is 27.4. The zero-order chi connectivity index (χ0) is 35.3. The lowest BCUT2D eigenvalue weighted by molar-refractivity contribution is -0.141. The van der Waals surface area contributed by atoms with Gasteiger partial charge in [0.15, 0.2) is 11.6 Å². The number of aryl methyl sites for hydroxylation is 2. The maximum absolute atomic E-state index is 15.8. The predicted octanol–water partition coefficient (Wildman–Crippen LogP) is 5.66. The van der Waals surface area contributed by atoms with Gasteiger partial charge in [-0.2, -0.15) is 4.98 Å². The number of benzene rings is 1. The molecule has 1 atom stereocenters. The molecule has 3 aliphatic heterocycles. The van der Waals surface area contributed by atoms with Gasteiger partial charge in [-0.15, -0.1) is 0 Å². The number of aliphatic carboxylic acids is 1. The van der Waals surface area contributed by atoms with Gasteiger partial charge >= 0.3 is 5.97 Å². The lowest BCUT2D eigenvalue weighted by atomic mass is 9.84. The quantitative estimate of drug-likeness (QED) is 0.246. The van der Waals surface area contributed by atoms with Gasteiger partial charge < -0.3 is 33.3 Å². The summed E-state index contributed by atoms with van der Waals surface area (Å²) < 4.78 is 40.9. The van der Waals surface area contributed by atoms with Crippen LogP contribution >= 0.6 is 0 Å². The van der Waals surface area contributed by atoms with E-state index in [0.29, 0.717) is 70.0 Å². The maximum atomic E-state index is 15.8. The van der Waals surface area contributed by atoms with Gasteiger partial charge in [-0.3, -0.25) is 9.69 Å². The standard InChI is InChI=1S/C37H47FN6O6/c1-21-24-8-7-15-48-32(24)28(38)18-25(21)31-26-19-29(42(6)33(26)39-22(2)30(31)27(35(45)46)20-49-37(3,4)5)34-40-36(41-50-34)44-13-11-43(12-14-44)23-9-16-47-17-10-23/h18-19,23,27H,7-17,20H2,1-6H3,(H,45,46). The molecule has 0 saturated carbocycles. The molecule has 7 rings (SSSR count). The minimum Gasteiger partial charge on any atom is -0.490 e. The first kappa shape index (κ1) is 34.4. The monoisotopic (exact) mass is 690 g/mol. The van der Waals surface area contributed by atoms with Crippen LogP contribution in [0.1, 0.15) is 68.3 Å². The number of hydrogen-bond acceptors (Lipinski definition) is 10. The van der Waals surface area contributed by atoms with Gasteiger partial charge in [-0.1, -0.05) is 0 Å². The molecule has 0 aliphatic carbocycles. The van der Waals surface area contributed by atoms with E-state index in [0.717, 1.165) is 69.8 Å². The first-order valence-electron chi connectivity index (χ1n) is 17.6. The summed E-state index contributed by atoms with van der Waals surface area (Å²) in [5, 5.41) is 15.6. The lowest BCUT2D eigenvalue weighted by Crippen LogP contribution is -2.51. The topological polar surface area (TPSA) is 128 Å². The molecule has 1 aromatic carbocycles. The fourth-order valence-corrected chi connectivity index (χ4v) is 7.69. The molecule has 13 heteroatoms. The molecule has 0 radical (unpaired) electrons. The molecule has 3 aromatic heterocycles. The van der Waals surface area contributed by atoms with E-state index in [1.54, 1.807) is 6.92 Å². The molecule has 0 amide bonds. The molecule has 4 aromatic rings. The van der Waals surface area contributed by atoms with Crippen LogP contribution in [0.4, 0.5) is 10.3 Å². The van der Waals surface area contributed by atoms with Gasteiger partial charge in [-0.25, -0.2) is 9.37 Å². The highest BCUT2D eigenvalue weighted by atomic mass is 19.1. The molecule has 1 N–H and O–H groups in total. The van der Waals surface area contributed by atoms with Crippen LogP contribution < -0.4 is 9.64 Å². The zero-order valence-electron chi connectivity index (χ0n) is 29.8. The van der Waals surface area contributed by atoms with Crippen molar-refractivity contribution in [3.8, 4) is 28.5 Å². The Hall–Kier alpha value is -4.07. The molecule has 3 aliphatic rings. The summed E-state index contributed by atoms with van der Waals surface area (Å²) in [5.41, 5.74) is 4.51. The molecule has 2 fully saturated rings. The molecular formula is C37H47FN6O6. The number of aromatic nitrogens is 4. The van der Waals surface area contributed by atoms with E-state index in [9.17, 15) is 9.90 Å². The van der Waals surface area contributed by atoms with Crippen molar-refractivity contribution in [1.29, 1.82) is 0 Å². The van der Waals surface area contributed by atoms with Crippen molar-refractivity contribution in [3.63, 3.8) is 0 Å². The number of halogens is 1. The molecule has 12 nitrogen and oxygen atoms in total. The van der Waals surface area contributed by atoms with E-state index in [1.165, 1.54) is 6.07 Å². The largest absolute Gasteiger partial charge is 0.490 e. The second kappa shape index (κ2) is 13.6. The number of hydrogen-bond donors (Lipinski definition) is 1. The van der Waals surface area contributed by atoms with Crippen molar-refractivity contribution in [2.45, 2.75) is 77.9 Å². The van der Waals surface area contributed by atoms with Gasteiger partial charge in [0.05, 0.1) is 18.8 Å². The van der Waals surface area contributed by atoms with E-state index in [-0.39, 0.29) is 12.4 Å². The molecule has 6 heterocycles. The Morgan fingerprint density at radius 2 is 1.84 bits per heavy atom. The lowest BCUT2D eigenvalue weighted by Gasteiger charge is -2.40. The zero-order valence-corrected chi connectivity index (χ0v) is 29.8. The Bertz CT molecular complexity index is 1900. The molecular weight excluding hydrogens is 643 g/mol. The molecule has 0 spiro atoms. The third-order valence-corrected chi connectivity index (χ3v) is 10.4. The SMILES string of the molecule is Cc1nc2c(cc(-c3nc(N4CCN(C5CCOCC5)CC4)no3)n2C)c(-c2cc(F)c3c(c2C)CCCO3)c1C(COC(C)(C)C)C(=O)O. The van der Waals surface area contributed by atoms with Crippen LogP contribution in [0, 0.1) is 19.7 Å². The minimum absolute atomic E-state index is 0.0794. The Morgan fingerprint density at radius 3 is 2.54 bits per heavy atom. The van der Waals surface area contributed by atoms with E-state index < -0.39 is 23.3 Å². The second-order valence-electron chi connectivity index (χ2n) is 14.7. The highest BCUT2D eigenvalue weighted by Crippen LogP contribution is 2.45. The average Bonchev–Trinajstić information content (AvgIpc) is 3.71. The number of anilines is 1. The van der Waals surface area contributed by atoms with Crippen LogP contribution in [0.5, 0.6) is 5.75 Å². The number of fused-ring (bicyclic) bond motifs is 2. The van der Waals surface area contributed by atoms with Crippen LogP contribution in [0.15, 0.2) is 16.7 Å². The van der Waals surface area contributed by atoms with Crippen LogP contribution in [-0.4, -0.2) is 99.9 Å². The number of piperazine rings is 1. The number of carboxylic acids is 1. The highest BCUT2D eigenvalue weighted by Gasteiger charge is 2.34. The summed E-state index contributed by atoms with van der Waals surface area (Å²) >= 11 is 0. The van der Waals surface area contributed by atoms with E-state index in [2.05, 4.69) is 15.0 Å². The van der Waals surface area contributed by atoms with Gasteiger partial charge in [0.1, 0.15) is 17.3 Å². The molecule has 50 heavy (non-hydrogen) atoms. The predicted molar refractivity (Wildman–Crippen MR) is 186 cm³/mol. The normalized spacial score (nSPS) is 18.3. The molecule has 2 saturated heterocycles. The molecule has 1 unspecified atom stereocenters. The van der Waals surface area contributed by atoms with E-state index in [1.807, 2.05) is 45.4 Å². The third kappa shape index (κ3) is 6.46. The first-order chi connectivity index (χ1) is 23.9. The van der Waals surface area contributed by atoms with Crippen molar-refractivity contribution < 1.29 is 33.0 Å². The van der Waals surface area contributed by atoms with E-state index in [4.69, 9.17) is 28.7 Å². The summed E-state index contributed by atoms with van der Waals surface area (Å²) in [7, 11) is 1.87. The van der Waals surface area contributed by atoms with Gasteiger partial charge in [0.25, 0.3) is 11.8 Å². The Balaban J connectivity index is 1.32. The highest BCUT2D eigenvalue weighted by molar-refractivity contribution is 6.01. The van der Waals surface area contributed by atoms with Crippen molar-refractivity contribution in [2.75, 3.05) is 57.5 Å². The number of carbonyl (C=O) groups is 1. The minimum atomic E-state index is -1.06. The van der Waals surface area contributed by atoms with Crippen molar-refractivity contribution in [2.24, 2.45) is 7.05 Å². The van der Waals surface area contributed by atoms with Crippen molar-refractivity contribution in [1.82, 2.24) is 24.6 Å². The Labute approximate surface area is 291 Å². The summed E-state index contributed by atoms with van der Waals surface area (Å²) in [5.74, 6) is -1.46. The summed E-state index contributed by atoms with van der Waals surface area (Å²) in [6.07, 6.45) is 3.56. The summed E-state index contributed by atoms with van der Waals surface area (Å²) in [6, 6.07) is 3.92. The fraction of sp³-hybridized carbons (Fsp3) is 0.568. The van der Waals surface area contributed by atoms with Gasteiger partial charge in [0.2, 0.25) is 0 Å².